The molecule has 0 aliphatic carbocycles. The largest absolute Gasteiger partial charge is 0.459 e. The second-order valence-electron chi connectivity index (χ2n) is 6.94. The van der Waals surface area contributed by atoms with Crippen LogP contribution >= 0.6 is 24.0 Å². The zero-order valence-corrected chi connectivity index (χ0v) is 19.3. The molecule has 4 rings (SSSR count). The van der Waals surface area contributed by atoms with Crippen LogP contribution in [-0.4, -0.2) is 70.9 Å². The molecular weight excluding hydrogens is 495 g/mol. The van der Waals surface area contributed by atoms with Gasteiger partial charge in [-0.05, 0) is 31.2 Å². The molecule has 1 aromatic carbocycles. The fourth-order valence-electron chi connectivity index (χ4n) is 3.49. The van der Waals surface area contributed by atoms with Crippen molar-refractivity contribution in [3.8, 4) is 0 Å². The van der Waals surface area contributed by atoms with E-state index < -0.39 is 0 Å². The molecule has 3 aromatic rings. The summed E-state index contributed by atoms with van der Waals surface area (Å²) in [6.07, 6.45) is 2.28. The first-order valence-corrected chi connectivity index (χ1v) is 10.0. The first-order valence-electron chi connectivity index (χ1n) is 10.0. The van der Waals surface area contributed by atoms with E-state index in [4.69, 9.17) is 9.41 Å². The Kier molecular flexibility index (Phi) is 7.72. The van der Waals surface area contributed by atoms with Gasteiger partial charge >= 0.3 is 0 Å². The van der Waals surface area contributed by atoms with Crippen molar-refractivity contribution >= 4 is 46.9 Å². The number of hydrogen-bond donors (Lipinski definition) is 2. The highest BCUT2D eigenvalue weighted by Gasteiger charge is 2.25. The van der Waals surface area contributed by atoms with Gasteiger partial charge < -0.3 is 24.5 Å². The molecule has 9 heteroatoms. The Balaban J connectivity index is 0.00000256. The van der Waals surface area contributed by atoms with Crippen LogP contribution in [0.25, 0.3) is 11.0 Å². The molecule has 1 amide bonds. The summed E-state index contributed by atoms with van der Waals surface area (Å²) in [4.78, 5) is 29.2. The number of carbonyl (C=O) groups excluding carboxylic acids is 1. The third kappa shape index (κ3) is 5.13. The number of amides is 1. The lowest BCUT2D eigenvalue weighted by Crippen LogP contribution is -2.53. The Labute approximate surface area is 192 Å². The van der Waals surface area contributed by atoms with Gasteiger partial charge in [-0.2, -0.15) is 0 Å². The number of carbonyl (C=O) groups is 1. The van der Waals surface area contributed by atoms with Gasteiger partial charge in [-0.3, -0.25) is 9.79 Å². The van der Waals surface area contributed by atoms with E-state index in [-0.39, 0.29) is 29.9 Å². The van der Waals surface area contributed by atoms with Crippen LogP contribution in [0.1, 0.15) is 23.3 Å². The van der Waals surface area contributed by atoms with Gasteiger partial charge in [0, 0.05) is 45.7 Å². The van der Waals surface area contributed by atoms with Crippen molar-refractivity contribution in [3.63, 3.8) is 0 Å². The SMILES string of the molecule is CCNC(=NCCc1nc2ccccc2[nH]1)N1CCN(C(=O)c2ccco2)CC1.I. The van der Waals surface area contributed by atoms with E-state index in [1.54, 1.807) is 12.1 Å². The van der Waals surface area contributed by atoms with Crippen molar-refractivity contribution in [3.05, 3.63) is 54.2 Å². The Morgan fingerprint density at radius 3 is 2.63 bits per heavy atom. The van der Waals surface area contributed by atoms with Crippen LogP contribution in [-0.2, 0) is 6.42 Å². The number of benzene rings is 1. The summed E-state index contributed by atoms with van der Waals surface area (Å²) in [5.74, 6) is 2.17. The zero-order valence-electron chi connectivity index (χ0n) is 17.0. The van der Waals surface area contributed by atoms with Crippen molar-refractivity contribution < 1.29 is 9.21 Å². The van der Waals surface area contributed by atoms with Gasteiger partial charge in [0.15, 0.2) is 11.7 Å². The molecule has 0 spiro atoms. The molecule has 0 bridgehead atoms. The lowest BCUT2D eigenvalue weighted by Gasteiger charge is -2.36. The standard InChI is InChI=1S/C21H26N6O2.HI/c1-2-22-21(23-10-9-19-24-16-6-3-4-7-17(16)25-19)27-13-11-26(12-14-27)20(28)18-8-5-15-29-18;/h3-8,15H,2,9-14H2,1H3,(H,22,23)(H,24,25);1H. The summed E-state index contributed by atoms with van der Waals surface area (Å²) in [6.45, 7) is 6.28. The number of rotatable bonds is 5. The first kappa shape index (κ1) is 22.1. The monoisotopic (exact) mass is 522 g/mol. The van der Waals surface area contributed by atoms with Crippen LogP contribution in [0, 0.1) is 0 Å². The Morgan fingerprint density at radius 2 is 1.93 bits per heavy atom. The Hall–Kier alpha value is -2.56. The maximum atomic E-state index is 12.4. The second kappa shape index (κ2) is 10.5. The van der Waals surface area contributed by atoms with E-state index in [1.807, 2.05) is 29.2 Å². The van der Waals surface area contributed by atoms with Crippen molar-refractivity contribution in [2.75, 3.05) is 39.3 Å². The number of fused-ring (bicyclic) bond motifs is 1. The lowest BCUT2D eigenvalue weighted by molar-refractivity contribution is 0.0657. The first-order chi connectivity index (χ1) is 14.2. The quantitative estimate of drug-likeness (QED) is 0.306. The number of furan rings is 1. The molecule has 30 heavy (non-hydrogen) atoms. The molecule has 1 aliphatic rings. The highest BCUT2D eigenvalue weighted by atomic mass is 127. The lowest BCUT2D eigenvalue weighted by atomic mass is 10.3. The number of guanidine groups is 1. The van der Waals surface area contributed by atoms with Crippen molar-refractivity contribution in [2.45, 2.75) is 13.3 Å². The number of piperazine rings is 1. The number of aromatic nitrogens is 2. The van der Waals surface area contributed by atoms with Gasteiger partial charge in [0.1, 0.15) is 5.82 Å². The van der Waals surface area contributed by atoms with E-state index in [0.29, 0.717) is 25.4 Å². The highest BCUT2D eigenvalue weighted by molar-refractivity contribution is 14.0. The number of aromatic amines is 1. The summed E-state index contributed by atoms with van der Waals surface area (Å²) >= 11 is 0. The topological polar surface area (TPSA) is 89.8 Å². The molecule has 160 valence electrons. The summed E-state index contributed by atoms with van der Waals surface area (Å²) in [6, 6.07) is 11.5. The van der Waals surface area contributed by atoms with Crippen LogP contribution in [0.15, 0.2) is 52.1 Å². The molecule has 2 N–H and O–H groups in total. The molecule has 1 fully saturated rings. The van der Waals surface area contributed by atoms with Crippen molar-refractivity contribution in [2.24, 2.45) is 4.99 Å². The minimum Gasteiger partial charge on any atom is -0.459 e. The summed E-state index contributed by atoms with van der Waals surface area (Å²) < 4.78 is 5.23. The molecular formula is C21H27IN6O2. The molecule has 0 unspecified atom stereocenters. The highest BCUT2D eigenvalue weighted by Crippen LogP contribution is 2.11. The maximum Gasteiger partial charge on any atom is 0.289 e. The molecule has 8 nitrogen and oxygen atoms in total. The minimum atomic E-state index is -0.0542. The molecule has 0 saturated carbocycles. The summed E-state index contributed by atoms with van der Waals surface area (Å²) in [7, 11) is 0. The number of aliphatic imine (C=N–C) groups is 1. The van der Waals surface area contributed by atoms with Crippen LogP contribution in [0.2, 0.25) is 0 Å². The molecule has 1 saturated heterocycles. The van der Waals surface area contributed by atoms with E-state index in [2.05, 4.69) is 27.1 Å². The van der Waals surface area contributed by atoms with Crippen molar-refractivity contribution in [1.82, 2.24) is 25.1 Å². The second-order valence-corrected chi connectivity index (χ2v) is 6.94. The van der Waals surface area contributed by atoms with Gasteiger partial charge in [0.2, 0.25) is 0 Å². The molecule has 0 radical (unpaired) electrons. The number of halogens is 1. The predicted molar refractivity (Wildman–Crippen MR) is 127 cm³/mol. The Morgan fingerprint density at radius 1 is 1.17 bits per heavy atom. The predicted octanol–water partition coefficient (Wildman–Crippen LogP) is 2.74. The summed E-state index contributed by atoms with van der Waals surface area (Å²) in [5.41, 5.74) is 2.03. The Bertz CT molecular complexity index is 943. The van der Waals surface area contributed by atoms with Crippen LogP contribution in [0.3, 0.4) is 0 Å². The van der Waals surface area contributed by atoms with E-state index >= 15 is 0 Å². The average Bonchev–Trinajstić information content (AvgIpc) is 3.42. The third-order valence-electron chi connectivity index (χ3n) is 4.98. The van der Waals surface area contributed by atoms with E-state index in [0.717, 1.165) is 48.9 Å². The number of nitrogens with one attached hydrogen (secondary N) is 2. The van der Waals surface area contributed by atoms with Crippen LogP contribution < -0.4 is 5.32 Å². The van der Waals surface area contributed by atoms with Gasteiger partial charge in [-0.25, -0.2) is 4.98 Å². The van der Waals surface area contributed by atoms with Crippen LogP contribution in [0.4, 0.5) is 0 Å². The van der Waals surface area contributed by atoms with Gasteiger partial charge in [0.25, 0.3) is 5.91 Å². The molecule has 0 atom stereocenters. The number of hydrogen-bond acceptors (Lipinski definition) is 4. The third-order valence-corrected chi connectivity index (χ3v) is 4.98. The number of para-hydroxylation sites is 2. The molecule has 3 heterocycles. The van der Waals surface area contributed by atoms with Crippen LogP contribution in [0.5, 0.6) is 0 Å². The fraction of sp³-hybridized carbons (Fsp3) is 0.381. The smallest absolute Gasteiger partial charge is 0.289 e. The summed E-state index contributed by atoms with van der Waals surface area (Å²) in [5, 5.41) is 3.36. The molecule has 1 aliphatic heterocycles. The number of nitrogens with zero attached hydrogens (tertiary/aromatic N) is 4. The molecule has 2 aromatic heterocycles. The normalized spacial score (nSPS) is 14.6. The zero-order chi connectivity index (χ0) is 20.1. The number of H-pyrrole nitrogens is 1. The fourth-order valence-corrected chi connectivity index (χ4v) is 3.49. The average molecular weight is 522 g/mol. The minimum absolute atomic E-state index is 0. The van der Waals surface area contributed by atoms with Gasteiger partial charge in [0.05, 0.1) is 17.3 Å². The van der Waals surface area contributed by atoms with E-state index in [1.165, 1.54) is 6.26 Å². The van der Waals surface area contributed by atoms with Crippen molar-refractivity contribution in [1.29, 1.82) is 0 Å². The van der Waals surface area contributed by atoms with Gasteiger partial charge in [-0.15, -0.1) is 24.0 Å². The maximum absolute atomic E-state index is 12.4. The van der Waals surface area contributed by atoms with E-state index in [9.17, 15) is 4.79 Å². The van der Waals surface area contributed by atoms with Gasteiger partial charge in [-0.1, -0.05) is 12.1 Å². The number of imidazole rings is 1.